The van der Waals surface area contributed by atoms with Crippen molar-refractivity contribution in [2.75, 3.05) is 31.5 Å². The highest BCUT2D eigenvalue weighted by Gasteiger charge is 2.26. The van der Waals surface area contributed by atoms with Gasteiger partial charge >= 0.3 is 0 Å². The fourth-order valence-corrected chi connectivity index (χ4v) is 4.91. The number of rotatable bonds is 8. The fourth-order valence-electron chi connectivity index (χ4n) is 4.91. The minimum atomic E-state index is -0.345. The number of amides is 1. The number of carbonyl (C=O) groups excluding carboxylic acids is 1. The van der Waals surface area contributed by atoms with Gasteiger partial charge in [0.25, 0.3) is 5.91 Å². The molecule has 5 nitrogen and oxygen atoms in total. The van der Waals surface area contributed by atoms with Gasteiger partial charge in [0.05, 0.1) is 6.04 Å². The molecule has 0 radical (unpaired) electrons. The lowest BCUT2D eigenvalue weighted by atomic mass is 9.96. The van der Waals surface area contributed by atoms with Crippen LogP contribution in [0.3, 0.4) is 0 Å². The van der Waals surface area contributed by atoms with Crippen molar-refractivity contribution in [2.24, 2.45) is 0 Å². The number of nitriles is 1. The first-order valence-electron chi connectivity index (χ1n) is 12.8. The first-order valence-corrected chi connectivity index (χ1v) is 12.8. The van der Waals surface area contributed by atoms with Crippen LogP contribution in [0.25, 0.3) is 0 Å². The number of nitrogens with zero attached hydrogens (tertiary/aromatic N) is 3. The quantitative estimate of drug-likeness (QED) is 0.340. The van der Waals surface area contributed by atoms with Gasteiger partial charge in [0.15, 0.2) is 0 Å². The molecule has 36 heavy (non-hydrogen) atoms. The predicted octanol–water partition coefficient (Wildman–Crippen LogP) is 5.56. The summed E-state index contributed by atoms with van der Waals surface area (Å²) < 4.78 is 0. The molecule has 1 heterocycles. The maximum Gasteiger partial charge on any atom is 0.267 e. The maximum absolute atomic E-state index is 13.1. The van der Waals surface area contributed by atoms with E-state index in [9.17, 15) is 10.1 Å². The molecule has 1 fully saturated rings. The minimum Gasteiger partial charge on any atom is -0.374 e. The Balaban J connectivity index is 1.47. The van der Waals surface area contributed by atoms with Crippen molar-refractivity contribution in [2.45, 2.75) is 32.7 Å². The number of anilines is 1. The summed E-state index contributed by atoms with van der Waals surface area (Å²) in [5, 5.41) is 12.8. The molecule has 0 aliphatic carbocycles. The summed E-state index contributed by atoms with van der Waals surface area (Å²) in [6.45, 7) is 7.32. The van der Waals surface area contributed by atoms with Gasteiger partial charge in [-0.15, -0.1) is 0 Å². The molecule has 0 saturated carbocycles. The van der Waals surface area contributed by atoms with E-state index in [0.29, 0.717) is 0 Å². The fraction of sp³-hybridized carbons (Fsp3) is 0.290. The first kappa shape index (κ1) is 25.2. The molecule has 0 aromatic heterocycles. The lowest BCUT2D eigenvalue weighted by molar-refractivity contribution is -0.112. The van der Waals surface area contributed by atoms with E-state index in [4.69, 9.17) is 0 Å². The van der Waals surface area contributed by atoms with Crippen molar-refractivity contribution in [3.05, 3.63) is 113 Å². The third-order valence-electron chi connectivity index (χ3n) is 6.86. The topological polar surface area (TPSA) is 59.4 Å². The second-order valence-corrected chi connectivity index (χ2v) is 9.06. The Labute approximate surface area is 214 Å². The van der Waals surface area contributed by atoms with Crippen molar-refractivity contribution < 1.29 is 4.79 Å². The Morgan fingerprint density at radius 2 is 1.39 bits per heavy atom. The highest BCUT2D eigenvalue weighted by molar-refractivity contribution is 6.07. The van der Waals surface area contributed by atoms with E-state index < -0.39 is 0 Å². The average molecular weight is 479 g/mol. The van der Waals surface area contributed by atoms with Crippen LogP contribution >= 0.6 is 0 Å². The van der Waals surface area contributed by atoms with E-state index >= 15 is 0 Å². The lowest BCUT2D eigenvalue weighted by Crippen LogP contribution is -2.46. The van der Waals surface area contributed by atoms with Gasteiger partial charge in [-0.05, 0) is 35.1 Å². The Morgan fingerprint density at radius 3 is 1.86 bits per heavy atom. The summed E-state index contributed by atoms with van der Waals surface area (Å²) in [5.41, 5.74) is 5.69. The van der Waals surface area contributed by atoms with Crippen LogP contribution in [0.15, 0.2) is 90.6 Å². The van der Waals surface area contributed by atoms with Crippen LogP contribution < -0.4 is 5.32 Å². The Bertz CT molecular complexity index is 1160. The van der Waals surface area contributed by atoms with Crippen LogP contribution in [-0.2, 0) is 17.6 Å². The molecular weight excluding hydrogens is 444 g/mol. The van der Waals surface area contributed by atoms with Gasteiger partial charge in [0, 0.05) is 38.1 Å². The number of aryl methyl sites for hydroxylation is 2. The standard InChI is InChI=1S/C31H34N4O/c1-3-24-16-11-17-25(4-2)29(24)33-31(36)28(22-32)23-34-18-20-35(21-19-34)30(26-12-7-5-8-13-26)27-14-9-6-10-15-27/h5-17,23,30H,3-4,18-21H2,1-2H3,(H,33,36)/b28-23-. The van der Waals surface area contributed by atoms with Gasteiger partial charge in [0.1, 0.15) is 11.6 Å². The van der Waals surface area contributed by atoms with Crippen LogP contribution in [0.1, 0.15) is 42.1 Å². The third kappa shape index (κ3) is 5.84. The second kappa shape index (κ2) is 12.2. The van der Waals surface area contributed by atoms with Gasteiger partial charge in [-0.1, -0.05) is 92.7 Å². The molecule has 0 unspecified atom stereocenters. The molecule has 1 saturated heterocycles. The zero-order valence-electron chi connectivity index (χ0n) is 21.2. The van der Waals surface area contributed by atoms with E-state index in [1.54, 1.807) is 6.20 Å². The molecule has 5 heteroatoms. The molecule has 1 aliphatic heterocycles. The highest BCUT2D eigenvalue weighted by Crippen LogP contribution is 2.29. The number of benzene rings is 3. The minimum absolute atomic E-state index is 0.138. The largest absolute Gasteiger partial charge is 0.374 e. The number of hydrogen-bond donors (Lipinski definition) is 1. The van der Waals surface area contributed by atoms with Crippen molar-refractivity contribution in [3.63, 3.8) is 0 Å². The zero-order chi connectivity index (χ0) is 25.3. The summed E-state index contributed by atoms with van der Waals surface area (Å²) in [4.78, 5) is 17.6. The van der Waals surface area contributed by atoms with Gasteiger partial charge in [-0.25, -0.2) is 0 Å². The SMILES string of the molecule is CCc1cccc(CC)c1NC(=O)/C(C#N)=C\N1CCN(C(c2ccccc2)c2ccccc2)CC1. The van der Waals surface area contributed by atoms with Crippen LogP contribution in [-0.4, -0.2) is 41.9 Å². The number of hydrogen-bond acceptors (Lipinski definition) is 4. The van der Waals surface area contributed by atoms with E-state index in [0.717, 1.165) is 55.8 Å². The van der Waals surface area contributed by atoms with Crippen LogP contribution in [0.4, 0.5) is 5.69 Å². The number of carbonyl (C=O) groups is 1. The average Bonchev–Trinajstić information content (AvgIpc) is 2.94. The molecule has 1 amide bonds. The summed E-state index contributed by atoms with van der Waals surface area (Å²) in [6.07, 6.45) is 3.37. The van der Waals surface area contributed by atoms with E-state index in [-0.39, 0.29) is 17.5 Å². The molecule has 4 rings (SSSR count). The number of para-hydroxylation sites is 1. The van der Waals surface area contributed by atoms with Crippen LogP contribution in [0.5, 0.6) is 0 Å². The smallest absolute Gasteiger partial charge is 0.267 e. The summed E-state index contributed by atoms with van der Waals surface area (Å²) in [7, 11) is 0. The van der Waals surface area contributed by atoms with E-state index in [1.807, 2.05) is 30.3 Å². The Kier molecular flexibility index (Phi) is 8.54. The molecule has 0 atom stereocenters. The van der Waals surface area contributed by atoms with Gasteiger partial charge in [0.2, 0.25) is 0 Å². The zero-order valence-corrected chi connectivity index (χ0v) is 21.2. The molecular formula is C31H34N4O. The molecule has 184 valence electrons. The summed E-state index contributed by atoms with van der Waals surface area (Å²) in [5.74, 6) is -0.345. The maximum atomic E-state index is 13.1. The molecule has 1 aliphatic rings. The van der Waals surface area contributed by atoms with Crippen molar-refractivity contribution in [3.8, 4) is 6.07 Å². The number of piperazine rings is 1. The summed E-state index contributed by atoms with van der Waals surface area (Å²) in [6, 6.07) is 29.5. The van der Waals surface area contributed by atoms with E-state index in [2.05, 4.69) is 83.6 Å². The molecule has 0 bridgehead atoms. The van der Waals surface area contributed by atoms with E-state index in [1.165, 1.54) is 11.1 Å². The molecule has 0 spiro atoms. The van der Waals surface area contributed by atoms with Gasteiger partial charge in [-0.2, -0.15) is 5.26 Å². The second-order valence-electron chi connectivity index (χ2n) is 9.06. The Morgan fingerprint density at radius 1 is 0.861 bits per heavy atom. The highest BCUT2D eigenvalue weighted by atomic mass is 16.1. The molecule has 3 aromatic carbocycles. The van der Waals surface area contributed by atoms with Crippen LogP contribution in [0, 0.1) is 11.3 Å². The van der Waals surface area contributed by atoms with Gasteiger partial charge in [-0.3, -0.25) is 9.69 Å². The monoisotopic (exact) mass is 478 g/mol. The summed E-state index contributed by atoms with van der Waals surface area (Å²) >= 11 is 0. The predicted molar refractivity (Wildman–Crippen MR) is 145 cm³/mol. The number of nitrogens with one attached hydrogen (secondary N) is 1. The van der Waals surface area contributed by atoms with Crippen LogP contribution in [0.2, 0.25) is 0 Å². The third-order valence-corrected chi connectivity index (χ3v) is 6.86. The molecule has 3 aromatic rings. The lowest BCUT2D eigenvalue weighted by Gasteiger charge is -2.39. The Hall–Kier alpha value is -3.88. The molecule has 1 N–H and O–H groups in total. The van der Waals surface area contributed by atoms with Crippen molar-refractivity contribution in [1.82, 2.24) is 9.80 Å². The van der Waals surface area contributed by atoms with Crippen molar-refractivity contribution >= 4 is 11.6 Å². The first-order chi connectivity index (χ1) is 17.6. The van der Waals surface area contributed by atoms with Gasteiger partial charge < -0.3 is 10.2 Å². The normalized spacial score (nSPS) is 14.5. The van der Waals surface area contributed by atoms with Crippen molar-refractivity contribution in [1.29, 1.82) is 5.26 Å².